The third kappa shape index (κ3) is 3.72. The second-order valence-corrected chi connectivity index (χ2v) is 11.3. The van der Waals surface area contributed by atoms with Crippen molar-refractivity contribution < 1.29 is 14.3 Å². The van der Waals surface area contributed by atoms with Crippen LogP contribution in [0.25, 0.3) is 5.57 Å². The van der Waals surface area contributed by atoms with Crippen molar-refractivity contribution in [3.8, 4) is 0 Å². The number of hydrogen-bond donors (Lipinski definition) is 2. The summed E-state index contributed by atoms with van der Waals surface area (Å²) >= 11 is 0. The third-order valence-corrected chi connectivity index (χ3v) is 8.72. The summed E-state index contributed by atoms with van der Waals surface area (Å²) in [5.41, 5.74) is 3.16. The first-order valence-electron chi connectivity index (χ1n) is 13.3. The number of carbonyl (C=O) groups excluding carboxylic acids is 2. The Bertz CT molecular complexity index is 1220. The highest BCUT2D eigenvalue weighted by Gasteiger charge is 2.59. The summed E-state index contributed by atoms with van der Waals surface area (Å²) in [5, 5.41) is 11.1. The number of hydrogen-bond acceptors (Lipinski definition) is 5. The van der Waals surface area contributed by atoms with Crippen LogP contribution in [0.15, 0.2) is 54.0 Å². The largest absolute Gasteiger partial charge is 0.460 e. The lowest BCUT2D eigenvalue weighted by molar-refractivity contribution is -0.131. The molecule has 2 N–H and O–H groups in total. The molecule has 1 aromatic rings. The molecule has 3 aliphatic carbocycles. The molecule has 3 aliphatic heterocycles. The smallest absolute Gasteiger partial charge is 0.244 e. The fourth-order valence-corrected chi connectivity index (χ4v) is 6.28. The molecule has 2 saturated heterocycles. The molecule has 7 nitrogen and oxygen atoms in total. The van der Waals surface area contributed by atoms with E-state index in [0.717, 1.165) is 62.9 Å². The SMILES string of the molecule is N=CC1=CC2CC(c3ccc(C4NC5(CC5)C(=O)N4C[C@@H]4CCN(C(=O)C5CC5)C4)cc3)=CC=C2O1. The van der Waals surface area contributed by atoms with Gasteiger partial charge in [-0.05, 0) is 73.3 Å². The molecule has 7 rings (SSSR count). The van der Waals surface area contributed by atoms with Crippen molar-refractivity contribution in [2.45, 2.75) is 50.2 Å². The summed E-state index contributed by atoms with van der Waals surface area (Å²) in [6.07, 6.45) is 13.0. The van der Waals surface area contributed by atoms with Crippen molar-refractivity contribution in [1.29, 1.82) is 5.41 Å². The number of amides is 2. The van der Waals surface area contributed by atoms with E-state index < -0.39 is 0 Å². The highest BCUT2D eigenvalue weighted by Crippen LogP contribution is 2.47. The summed E-state index contributed by atoms with van der Waals surface area (Å²) in [5.74, 6) is 2.87. The van der Waals surface area contributed by atoms with Crippen LogP contribution in [0.2, 0.25) is 0 Å². The predicted octanol–water partition coefficient (Wildman–Crippen LogP) is 3.76. The zero-order valence-electron chi connectivity index (χ0n) is 20.4. The Labute approximate surface area is 211 Å². The van der Waals surface area contributed by atoms with E-state index in [1.165, 1.54) is 17.4 Å². The number of nitrogens with zero attached hydrogens (tertiary/aromatic N) is 2. The summed E-state index contributed by atoms with van der Waals surface area (Å²) in [6, 6.07) is 8.61. The fraction of sp³-hybridized carbons (Fsp3) is 0.483. The maximum atomic E-state index is 13.4. The molecule has 3 heterocycles. The Morgan fingerprint density at radius 1 is 1.17 bits per heavy atom. The van der Waals surface area contributed by atoms with Crippen molar-refractivity contribution in [3.63, 3.8) is 0 Å². The first-order chi connectivity index (χ1) is 17.5. The normalized spacial score (nSPS) is 30.1. The molecule has 0 aromatic heterocycles. The third-order valence-electron chi connectivity index (χ3n) is 8.72. The first-order valence-corrected chi connectivity index (χ1v) is 13.3. The predicted molar refractivity (Wildman–Crippen MR) is 136 cm³/mol. The van der Waals surface area contributed by atoms with Crippen LogP contribution >= 0.6 is 0 Å². The number of benzene rings is 1. The number of ether oxygens (including phenoxy) is 1. The molecule has 6 aliphatic rings. The standard InChI is InChI=1S/C29H32N4O3/c30-15-24-14-23-13-22(7-8-25(23)36-24)19-1-3-20(4-2-19)26-31-29(10-11-29)28(35)33(26)17-18-9-12-32(16-18)27(34)21-5-6-21/h1-4,7-8,14-15,18,21,23,26,30-31H,5-6,9-13,16-17H2/t18-,23?,26?/m1/s1. The monoisotopic (exact) mass is 484 g/mol. The molecule has 4 fully saturated rings. The summed E-state index contributed by atoms with van der Waals surface area (Å²) in [7, 11) is 0. The van der Waals surface area contributed by atoms with E-state index in [1.807, 2.05) is 22.0 Å². The van der Waals surface area contributed by atoms with Gasteiger partial charge in [-0.3, -0.25) is 14.9 Å². The maximum absolute atomic E-state index is 13.4. The van der Waals surface area contributed by atoms with Gasteiger partial charge in [0, 0.05) is 31.5 Å². The number of allylic oxidation sites excluding steroid dienone is 5. The van der Waals surface area contributed by atoms with Gasteiger partial charge in [0.2, 0.25) is 11.8 Å². The maximum Gasteiger partial charge on any atom is 0.244 e. The zero-order chi connectivity index (χ0) is 24.4. The van der Waals surface area contributed by atoms with Crippen LogP contribution < -0.4 is 5.32 Å². The van der Waals surface area contributed by atoms with Crippen molar-refractivity contribution in [1.82, 2.24) is 15.1 Å². The molecule has 0 radical (unpaired) electrons. The van der Waals surface area contributed by atoms with Crippen LogP contribution in [-0.4, -0.2) is 53.0 Å². The molecular formula is C29H32N4O3. The lowest BCUT2D eigenvalue weighted by Crippen LogP contribution is -2.37. The lowest BCUT2D eigenvalue weighted by Gasteiger charge is -2.28. The van der Waals surface area contributed by atoms with Crippen LogP contribution in [0, 0.1) is 23.2 Å². The molecular weight excluding hydrogens is 452 g/mol. The van der Waals surface area contributed by atoms with E-state index in [9.17, 15) is 9.59 Å². The van der Waals surface area contributed by atoms with Gasteiger partial charge < -0.3 is 19.9 Å². The topological polar surface area (TPSA) is 85.7 Å². The van der Waals surface area contributed by atoms with Gasteiger partial charge in [0.25, 0.3) is 0 Å². The average molecular weight is 485 g/mol. The van der Waals surface area contributed by atoms with Gasteiger partial charge in [0.1, 0.15) is 23.2 Å². The van der Waals surface area contributed by atoms with Crippen LogP contribution in [0.3, 0.4) is 0 Å². The lowest BCUT2D eigenvalue weighted by atomic mass is 9.88. The van der Waals surface area contributed by atoms with Gasteiger partial charge in [0.15, 0.2) is 0 Å². The first kappa shape index (κ1) is 22.0. The van der Waals surface area contributed by atoms with Crippen molar-refractivity contribution in [3.05, 3.63) is 65.1 Å². The molecule has 2 saturated carbocycles. The van der Waals surface area contributed by atoms with E-state index in [0.29, 0.717) is 24.1 Å². The summed E-state index contributed by atoms with van der Waals surface area (Å²) in [6.45, 7) is 2.31. The Morgan fingerprint density at radius 2 is 1.97 bits per heavy atom. The number of likely N-dealkylation sites (tertiary alicyclic amines) is 1. The van der Waals surface area contributed by atoms with Crippen molar-refractivity contribution in [2.75, 3.05) is 19.6 Å². The van der Waals surface area contributed by atoms with Gasteiger partial charge in [-0.2, -0.15) is 0 Å². The Kier molecular flexibility index (Phi) is 5.00. The molecule has 2 unspecified atom stereocenters. The molecule has 1 spiro atoms. The molecule has 7 heteroatoms. The van der Waals surface area contributed by atoms with E-state index in [4.69, 9.17) is 10.1 Å². The van der Waals surface area contributed by atoms with Gasteiger partial charge in [-0.15, -0.1) is 0 Å². The Balaban J connectivity index is 1.07. The molecule has 3 atom stereocenters. The van der Waals surface area contributed by atoms with E-state index >= 15 is 0 Å². The highest BCUT2D eigenvalue weighted by atomic mass is 16.5. The second kappa shape index (κ2) is 8.17. The molecule has 2 amide bonds. The quantitative estimate of drug-likeness (QED) is 0.602. The Hall–Kier alpha value is -3.19. The molecule has 186 valence electrons. The number of rotatable bonds is 6. The van der Waals surface area contributed by atoms with Crippen LogP contribution in [-0.2, 0) is 14.3 Å². The average Bonchev–Trinajstić information content (AvgIpc) is 3.79. The number of carbonyl (C=O) groups is 2. The number of fused-ring (bicyclic) bond motifs is 1. The second-order valence-electron chi connectivity index (χ2n) is 11.3. The molecule has 36 heavy (non-hydrogen) atoms. The minimum absolute atomic E-state index is 0.115. The van der Waals surface area contributed by atoms with Crippen LogP contribution in [0.1, 0.15) is 55.8 Å². The van der Waals surface area contributed by atoms with Crippen molar-refractivity contribution >= 4 is 23.6 Å². The van der Waals surface area contributed by atoms with E-state index in [2.05, 4.69) is 35.7 Å². The minimum Gasteiger partial charge on any atom is -0.460 e. The van der Waals surface area contributed by atoms with Crippen LogP contribution in [0.5, 0.6) is 0 Å². The van der Waals surface area contributed by atoms with Gasteiger partial charge in [-0.1, -0.05) is 30.3 Å². The highest BCUT2D eigenvalue weighted by molar-refractivity contribution is 5.92. The fourth-order valence-electron chi connectivity index (χ4n) is 6.28. The van der Waals surface area contributed by atoms with Gasteiger partial charge in [0.05, 0.1) is 6.21 Å². The van der Waals surface area contributed by atoms with E-state index in [1.54, 1.807) is 0 Å². The summed E-state index contributed by atoms with van der Waals surface area (Å²) < 4.78 is 5.69. The van der Waals surface area contributed by atoms with Gasteiger partial charge in [-0.25, -0.2) is 0 Å². The minimum atomic E-state index is -0.375. The molecule has 1 aromatic carbocycles. The zero-order valence-corrected chi connectivity index (χ0v) is 20.4. The molecule has 0 bridgehead atoms. The summed E-state index contributed by atoms with van der Waals surface area (Å²) in [4.78, 5) is 30.0. The number of nitrogens with one attached hydrogen (secondary N) is 2. The van der Waals surface area contributed by atoms with Crippen LogP contribution in [0.4, 0.5) is 0 Å². The van der Waals surface area contributed by atoms with Gasteiger partial charge >= 0.3 is 0 Å². The Morgan fingerprint density at radius 3 is 2.69 bits per heavy atom. The van der Waals surface area contributed by atoms with E-state index in [-0.39, 0.29) is 29.4 Å². The van der Waals surface area contributed by atoms with Crippen molar-refractivity contribution in [2.24, 2.45) is 17.8 Å².